The zero-order valence-corrected chi connectivity index (χ0v) is 10.8. The summed E-state index contributed by atoms with van der Waals surface area (Å²) in [6, 6.07) is 0. The van der Waals surface area contributed by atoms with E-state index in [9.17, 15) is 0 Å². The third-order valence-corrected chi connectivity index (χ3v) is 2.90. The first-order valence-electron chi connectivity index (χ1n) is 6.53. The molecule has 0 N–H and O–H groups in total. The van der Waals surface area contributed by atoms with Gasteiger partial charge in [-0.1, -0.05) is 12.2 Å². The molecule has 102 valence electrons. The topological polar surface area (TPSA) is 46.8 Å². The van der Waals surface area contributed by atoms with Gasteiger partial charge in [-0.3, -0.25) is 0 Å². The molecule has 0 radical (unpaired) electrons. The van der Waals surface area contributed by atoms with Crippen LogP contribution < -0.4 is 0 Å². The molecule has 0 spiro atoms. The minimum Gasteiger partial charge on any atom is -0.377 e. The lowest BCUT2D eigenvalue weighted by Gasteiger charge is -2.20. The van der Waals surface area contributed by atoms with Crippen molar-refractivity contribution in [2.24, 2.45) is 0 Å². The van der Waals surface area contributed by atoms with Gasteiger partial charge in [-0.25, -0.2) is 0 Å². The highest BCUT2D eigenvalue weighted by Crippen LogP contribution is 2.27. The van der Waals surface area contributed by atoms with Crippen LogP contribution in [-0.2, 0) is 18.9 Å². The number of rotatable bonds is 8. The van der Waals surface area contributed by atoms with Crippen LogP contribution in [0.2, 0.25) is 0 Å². The van der Waals surface area contributed by atoms with Crippen LogP contribution in [0.1, 0.15) is 12.8 Å². The van der Waals surface area contributed by atoms with Crippen LogP contribution in [0, 0.1) is 0 Å². The van der Waals surface area contributed by atoms with Crippen LogP contribution in [0.3, 0.4) is 0 Å². The second kappa shape index (κ2) is 7.04. The molecule has 4 nitrogen and oxygen atoms in total. The van der Waals surface area contributed by atoms with Crippen LogP contribution >= 0.6 is 0 Å². The Kier molecular flexibility index (Phi) is 5.38. The van der Waals surface area contributed by atoms with Crippen LogP contribution in [-0.4, -0.2) is 50.8 Å². The van der Waals surface area contributed by atoms with Crippen molar-refractivity contribution in [1.82, 2.24) is 0 Å². The van der Waals surface area contributed by atoms with Gasteiger partial charge in [0.15, 0.2) is 0 Å². The van der Waals surface area contributed by atoms with Gasteiger partial charge in [-0.15, -0.1) is 13.2 Å². The summed E-state index contributed by atoms with van der Waals surface area (Å²) in [6.07, 6.45) is 6.23. The summed E-state index contributed by atoms with van der Waals surface area (Å²) in [5.41, 5.74) is 0. The average Bonchev–Trinajstić information content (AvgIpc) is 3.20. The molecule has 4 unspecified atom stereocenters. The first-order chi connectivity index (χ1) is 8.85. The van der Waals surface area contributed by atoms with Gasteiger partial charge in [0, 0.05) is 0 Å². The molecule has 4 heteroatoms. The first-order valence-corrected chi connectivity index (χ1v) is 6.53. The summed E-state index contributed by atoms with van der Waals surface area (Å²) in [4.78, 5) is 0. The molecule has 0 aromatic carbocycles. The molecule has 3 fully saturated rings. The molecule has 0 aromatic heterocycles. The van der Waals surface area contributed by atoms with E-state index in [1.807, 2.05) is 12.2 Å². The van der Waals surface area contributed by atoms with Gasteiger partial charge in [0.25, 0.3) is 0 Å². The highest BCUT2D eigenvalue weighted by molar-refractivity contribution is 4.91. The normalized spacial score (nSPS) is 30.4. The number of hydrogen-bond acceptors (Lipinski definition) is 4. The lowest BCUT2D eigenvalue weighted by molar-refractivity contribution is -0.0343. The molecule has 3 aliphatic rings. The van der Waals surface area contributed by atoms with E-state index in [1.54, 1.807) is 0 Å². The maximum atomic E-state index is 5.99. The van der Waals surface area contributed by atoms with E-state index < -0.39 is 0 Å². The molecule has 3 saturated heterocycles. The van der Waals surface area contributed by atoms with Crippen molar-refractivity contribution >= 4 is 0 Å². The second-order valence-electron chi connectivity index (χ2n) is 4.62. The monoisotopic (exact) mass is 254 g/mol. The van der Waals surface area contributed by atoms with Crippen LogP contribution in [0.15, 0.2) is 25.3 Å². The smallest absolute Gasteiger partial charge is 0.107 e. The Bertz CT molecular complexity index is 242. The highest BCUT2D eigenvalue weighted by Gasteiger charge is 2.39. The van der Waals surface area contributed by atoms with Gasteiger partial charge >= 0.3 is 0 Å². The van der Waals surface area contributed by atoms with Crippen molar-refractivity contribution in [3.63, 3.8) is 0 Å². The molecule has 18 heavy (non-hydrogen) atoms. The lowest BCUT2D eigenvalue weighted by Crippen LogP contribution is -2.29. The van der Waals surface area contributed by atoms with Gasteiger partial charge in [0.1, 0.15) is 12.2 Å². The van der Waals surface area contributed by atoms with E-state index in [1.165, 1.54) is 0 Å². The van der Waals surface area contributed by atoms with Crippen LogP contribution in [0.4, 0.5) is 0 Å². The molecule has 0 bridgehead atoms. The zero-order chi connectivity index (χ0) is 12.8. The largest absolute Gasteiger partial charge is 0.377 e. The summed E-state index contributed by atoms with van der Waals surface area (Å²) in [6.45, 7) is 11.1. The quantitative estimate of drug-likeness (QED) is 0.488. The number of ether oxygens (including phenoxy) is 4. The van der Waals surface area contributed by atoms with Crippen molar-refractivity contribution in [3.8, 4) is 0 Å². The third kappa shape index (κ3) is 5.31. The van der Waals surface area contributed by atoms with Gasteiger partial charge in [0.2, 0.25) is 0 Å². The first kappa shape index (κ1) is 13.7. The van der Waals surface area contributed by atoms with Crippen molar-refractivity contribution in [2.75, 3.05) is 26.4 Å². The van der Waals surface area contributed by atoms with E-state index in [4.69, 9.17) is 14.2 Å². The van der Waals surface area contributed by atoms with Crippen LogP contribution in [0.25, 0.3) is 0 Å². The van der Waals surface area contributed by atoms with E-state index in [2.05, 4.69) is 17.9 Å². The summed E-state index contributed by atoms with van der Waals surface area (Å²) in [7, 11) is 0. The minimum absolute atomic E-state index is 0.136. The Morgan fingerprint density at radius 3 is 1.61 bits per heavy atom. The Balaban J connectivity index is 0.000000350. The minimum atomic E-state index is 0.136. The Labute approximate surface area is 109 Å². The van der Waals surface area contributed by atoms with E-state index in [0.717, 1.165) is 39.3 Å². The van der Waals surface area contributed by atoms with Crippen LogP contribution in [0.5, 0.6) is 0 Å². The predicted molar refractivity (Wildman–Crippen MR) is 68.6 cm³/mol. The Morgan fingerprint density at radius 2 is 1.39 bits per heavy atom. The summed E-state index contributed by atoms with van der Waals surface area (Å²) >= 11 is 0. The summed E-state index contributed by atoms with van der Waals surface area (Å²) in [5.74, 6) is 0. The van der Waals surface area contributed by atoms with Gasteiger partial charge < -0.3 is 18.9 Å². The molecule has 3 aliphatic heterocycles. The molecule has 0 saturated carbocycles. The summed E-state index contributed by atoms with van der Waals surface area (Å²) in [5, 5.41) is 0. The fraction of sp³-hybridized carbons (Fsp3) is 0.714. The predicted octanol–water partition coefficient (Wildman–Crippen LogP) is 1.71. The van der Waals surface area contributed by atoms with Crippen molar-refractivity contribution in [1.29, 1.82) is 0 Å². The molecular formula is C14H22O4. The van der Waals surface area contributed by atoms with E-state index >= 15 is 0 Å². The van der Waals surface area contributed by atoms with E-state index in [-0.39, 0.29) is 24.4 Å². The zero-order valence-electron chi connectivity index (χ0n) is 10.8. The molecular weight excluding hydrogens is 232 g/mol. The molecule has 0 aliphatic carbocycles. The SMILES string of the molecule is C1CO1.C=CCC(OC(CC=C)C1CO1)C1CO1. The molecule has 3 heterocycles. The van der Waals surface area contributed by atoms with Crippen molar-refractivity contribution < 1.29 is 18.9 Å². The Morgan fingerprint density at radius 1 is 1.00 bits per heavy atom. The van der Waals surface area contributed by atoms with Gasteiger partial charge in [0.05, 0.1) is 38.6 Å². The standard InChI is InChI=1S/C12H18O3.C2H4O/c1-3-5-9(11-7-13-11)15-10(6-4-2)12-8-14-12;1-2-3-1/h3-4,9-12H,1-2,5-8H2;1-2H2. The highest BCUT2D eigenvalue weighted by atomic mass is 16.6. The average molecular weight is 254 g/mol. The summed E-state index contributed by atoms with van der Waals surface area (Å²) < 4.78 is 21.0. The molecule has 0 aromatic rings. The van der Waals surface area contributed by atoms with Gasteiger partial charge in [-0.05, 0) is 12.8 Å². The van der Waals surface area contributed by atoms with Gasteiger partial charge in [-0.2, -0.15) is 0 Å². The maximum Gasteiger partial charge on any atom is 0.107 e. The fourth-order valence-electron chi connectivity index (χ4n) is 1.68. The molecule has 3 rings (SSSR count). The fourth-order valence-corrected chi connectivity index (χ4v) is 1.68. The van der Waals surface area contributed by atoms with Crippen molar-refractivity contribution in [2.45, 2.75) is 37.3 Å². The van der Waals surface area contributed by atoms with E-state index in [0.29, 0.717) is 0 Å². The molecule has 4 atom stereocenters. The molecule has 0 amide bonds. The maximum absolute atomic E-state index is 5.99. The lowest BCUT2D eigenvalue weighted by atomic mass is 10.1. The Hall–Kier alpha value is -0.680. The second-order valence-corrected chi connectivity index (χ2v) is 4.62. The number of epoxide rings is 3. The third-order valence-electron chi connectivity index (χ3n) is 2.90. The van der Waals surface area contributed by atoms with Crippen molar-refractivity contribution in [3.05, 3.63) is 25.3 Å². The number of hydrogen-bond donors (Lipinski definition) is 0.